The summed E-state index contributed by atoms with van der Waals surface area (Å²) < 4.78 is 49.6. The summed E-state index contributed by atoms with van der Waals surface area (Å²) in [5, 5.41) is 13.3. The van der Waals surface area contributed by atoms with E-state index in [1.165, 1.54) is 26.0 Å². The molecule has 0 fully saturated rings. The van der Waals surface area contributed by atoms with Crippen molar-refractivity contribution in [2.24, 2.45) is 0 Å². The first kappa shape index (κ1) is 26.1. The van der Waals surface area contributed by atoms with E-state index < -0.39 is 23.3 Å². The second-order valence-corrected chi connectivity index (χ2v) is 9.02. The summed E-state index contributed by atoms with van der Waals surface area (Å²) in [5.41, 5.74) is -0.431. The van der Waals surface area contributed by atoms with E-state index in [1.54, 1.807) is 12.1 Å². The molecular formula is C25H28F3N3O4. The summed E-state index contributed by atoms with van der Waals surface area (Å²) >= 11 is 0. The SMILES string of the molecule is CC(C)c1nc(N(CCc2ccc(OC(C)(C)C(=O)O)cc2)Cc2ccc(C(F)(F)F)cc2)no1. The molecule has 0 atom stereocenters. The molecule has 0 bridgehead atoms. The average molecular weight is 492 g/mol. The molecule has 7 nitrogen and oxygen atoms in total. The number of aliphatic carboxylic acids is 1. The average Bonchev–Trinajstić information content (AvgIpc) is 3.27. The lowest BCUT2D eigenvalue weighted by atomic mass is 10.1. The Labute approximate surface area is 201 Å². The van der Waals surface area contributed by atoms with E-state index in [4.69, 9.17) is 9.26 Å². The van der Waals surface area contributed by atoms with Gasteiger partial charge in [-0.2, -0.15) is 18.2 Å². The quantitative estimate of drug-likeness (QED) is 0.389. The number of carboxylic acids is 1. The number of anilines is 1. The zero-order valence-electron chi connectivity index (χ0n) is 20.0. The second-order valence-electron chi connectivity index (χ2n) is 9.02. The van der Waals surface area contributed by atoms with Crippen LogP contribution < -0.4 is 9.64 Å². The molecule has 10 heteroatoms. The largest absolute Gasteiger partial charge is 0.478 e. The summed E-state index contributed by atoms with van der Waals surface area (Å²) in [6.45, 7) is 7.55. The summed E-state index contributed by atoms with van der Waals surface area (Å²) in [6, 6.07) is 12.1. The molecule has 1 aromatic heterocycles. The molecule has 0 amide bonds. The monoisotopic (exact) mass is 491 g/mol. The van der Waals surface area contributed by atoms with Crippen LogP contribution in [0.25, 0.3) is 0 Å². The summed E-state index contributed by atoms with van der Waals surface area (Å²) in [6.07, 6.45) is -3.82. The van der Waals surface area contributed by atoms with Crippen molar-refractivity contribution in [3.8, 4) is 5.75 Å². The summed E-state index contributed by atoms with van der Waals surface area (Å²) in [7, 11) is 0. The van der Waals surface area contributed by atoms with Gasteiger partial charge in [0.2, 0.25) is 5.89 Å². The van der Waals surface area contributed by atoms with Crippen molar-refractivity contribution in [1.82, 2.24) is 10.1 Å². The second kappa shape index (κ2) is 10.4. The van der Waals surface area contributed by atoms with Crippen LogP contribution in [0.2, 0.25) is 0 Å². The normalized spacial score (nSPS) is 12.1. The maximum atomic E-state index is 12.9. The summed E-state index contributed by atoms with van der Waals surface area (Å²) in [4.78, 5) is 17.5. The third-order valence-corrected chi connectivity index (χ3v) is 5.34. The molecule has 0 aliphatic rings. The number of carboxylic acid groups (broad SMARTS) is 1. The van der Waals surface area contributed by atoms with Crippen LogP contribution >= 0.6 is 0 Å². The number of nitrogens with zero attached hydrogens (tertiary/aromatic N) is 3. The Kier molecular flexibility index (Phi) is 7.72. The van der Waals surface area contributed by atoms with Gasteiger partial charge >= 0.3 is 12.1 Å². The molecular weight excluding hydrogens is 463 g/mol. The van der Waals surface area contributed by atoms with Crippen molar-refractivity contribution in [2.75, 3.05) is 11.4 Å². The minimum absolute atomic E-state index is 0.0340. The zero-order chi connectivity index (χ0) is 25.8. The number of ether oxygens (including phenoxy) is 1. The van der Waals surface area contributed by atoms with Gasteiger partial charge in [0.25, 0.3) is 5.95 Å². The lowest BCUT2D eigenvalue weighted by molar-refractivity contribution is -0.152. The van der Waals surface area contributed by atoms with Crippen LogP contribution in [-0.4, -0.2) is 33.4 Å². The lowest BCUT2D eigenvalue weighted by Gasteiger charge is -2.22. The van der Waals surface area contributed by atoms with Crippen LogP contribution in [0.5, 0.6) is 5.75 Å². The Bertz CT molecular complexity index is 1120. The predicted octanol–water partition coefficient (Wildman–Crippen LogP) is 5.70. The van der Waals surface area contributed by atoms with Crippen LogP contribution in [-0.2, 0) is 23.9 Å². The van der Waals surface area contributed by atoms with E-state index in [0.29, 0.717) is 42.7 Å². The number of halogens is 3. The maximum absolute atomic E-state index is 12.9. The van der Waals surface area contributed by atoms with Crippen molar-refractivity contribution in [1.29, 1.82) is 0 Å². The molecule has 1 heterocycles. The van der Waals surface area contributed by atoms with Gasteiger partial charge in [-0.15, -0.1) is 0 Å². The third kappa shape index (κ3) is 6.97. The van der Waals surface area contributed by atoms with Gasteiger partial charge in [-0.3, -0.25) is 0 Å². The van der Waals surface area contributed by atoms with Gasteiger partial charge in [0.15, 0.2) is 5.60 Å². The van der Waals surface area contributed by atoms with Crippen molar-refractivity contribution in [3.05, 3.63) is 71.1 Å². The number of hydrogen-bond donors (Lipinski definition) is 1. The first-order chi connectivity index (χ1) is 16.3. The third-order valence-electron chi connectivity index (χ3n) is 5.34. The Morgan fingerprint density at radius 1 is 1.06 bits per heavy atom. The first-order valence-corrected chi connectivity index (χ1v) is 11.1. The topological polar surface area (TPSA) is 88.7 Å². The van der Waals surface area contributed by atoms with E-state index in [9.17, 15) is 23.1 Å². The van der Waals surface area contributed by atoms with Crippen molar-refractivity contribution in [2.45, 2.75) is 58.4 Å². The van der Waals surface area contributed by atoms with Crippen LogP contribution in [0, 0.1) is 0 Å². The molecule has 0 aliphatic carbocycles. The minimum atomic E-state index is -4.40. The van der Waals surface area contributed by atoms with Gasteiger partial charge in [0, 0.05) is 19.0 Å². The Hall–Kier alpha value is -3.56. The summed E-state index contributed by atoms with van der Waals surface area (Å²) in [5.74, 6) is 0.229. The van der Waals surface area contributed by atoms with Gasteiger partial charge in [0.05, 0.1) is 5.56 Å². The molecule has 1 N–H and O–H groups in total. The van der Waals surface area contributed by atoms with Gasteiger partial charge < -0.3 is 19.3 Å². The highest BCUT2D eigenvalue weighted by Crippen LogP contribution is 2.29. The highest BCUT2D eigenvalue weighted by atomic mass is 19.4. The standard InChI is InChI=1S/C25H28F3N3O4/c1-16(2)21-29-23(30-35-21)31(15-18-5-9-19(10-6-18)25(26,27)28)14-13-17-7-11-20(12-8-17)34-24(3,4)22(32)33/h5-12,16H,13-15H2,1-4H3,(H,32,33). The predicted molar refractivity (Wildman–Crippen MR) is 123 cm³/mol. The zero-order valence-corrected chi connectivity index (χ0v) is 20.0. The molecule has 0 radical (unpaired) electrons. The lowest BCUT2D eigenvalue weighted by Crippen LogP contribution is -2.37. The molecule has 188 valence electrons. The van der Waals surface area contributed by atoms with E-state index >= 15 is 0 Å². The van der Waals surface area contributed by atoms with Gasteiger partial charge in [-0.25, -0.2) is 4.79 Å². The molecule has 3 aromatic rings. The van der Waals surface area contributed by atoms with Gasteiger partial charge in [-0.05, 0) is 60.8 Å². The fourth-order valence-electron chi connectivity index (χ4n) is 3.19. The van der Waals surface area contributed by atoms with E-state index in [-0.39, 0.29) is 5.92 Å². The number of rotatable bonds is 10. The molecule has 0 unspecified atom stereocenters. The van der Waals surface area contributed by atoms with Crippen LogP contribution in [0.1, 0.15) is 56.2 Å². The van der Waals surface area contributed by atoms with E-state index in [1.807, 2.05) is 30.9 Å². The van der Waals surface area contributed by atoms with E-state index in [2.05, 4.69) is 10.1 Å². The van der Waals surface area contributed by atoms with Crippen LogP contribution in [0.15, 0.2) is 53.1 Å². The molecule has 0 aliphatic heterocycles. The van der Waals surface area contributed by atoms with Crippen molar-refractivity contribution in [3.63, 3.8) is 0 Å². The highest BCUT2D eigenvalue weighted by molar-refractivity contribution is 5.76. The number of aromatic nitrogens is 2. The highest BCUT2D eigenvalue weighted by Gasteiger charge is 2.30. The fourth-order valence-corrected chi connectivity index (χ4v) is 3.19. The Morgan fingerprint density at radius 3 is 2.17 bits per heavy atom. The first-order valence-electron chi connectivity index (χ1n) is 11.1. The molecule has 0 spiro atoms. The maximum Gasteiger partial charge on any atom is 0.416 e. The molecule has 0 saturated heterocycles. The van der Waals surface area contributed by atoms with Gasteiger partial charge in [0.1, 0.15) is 5.75 Å². The van der Waals surface area contributed by atoms with Crippen LogP contribution in [0.3, 0.4) is 0 Å². The number of hydrogen-bond acceptors (Lipinski definition) is 6. The Morgan fingerprint density at radius 2 is 1.66 bits per heavy atom. The molecule has 2 aromatic carbocycles. The van der Waals surface area contributed by atoms with Crippen molar-refractivity contribution < 1.29 is 32.3 Å². The number of benzene rings is 2. The van der Waals surface area contributed by atoms with Crippen molar-refractivity contribution >= 4 is 11.9 Å². The van der Waals surface area contributed by atoms with Crippen LogP contribution in [0.4, 0.5) is 19.1 Å². The minimum Gasteiger partial charge on any atom is -0.478 e. The van der Waals surface area contributed by atoms with Gasteiger partial charge in [-0.1, -0.05) is 38.1 Å². The van der Waals surface area contributed by atoms with E-state index in [0.717, 1.165) is 17.7 Å². The fraction of sp³-hybridized carbons (Fsp3) is 0.400. The number of alkyl halides is 3. The molecule has 35 heavy (non-hydrogen) atoms. The number of carbonyl (C=O) groups is 1. The Balaban J connectivity index is 1.74. The molecule has 0 saturated carbocycles. The molecule has 3 rings (SSSR count). The smallest absolute Gasteiger partial charge is 0.416 e.